The van der Waals surface area contributed by atoms with Crippen LogP contribution in [0.5, 0.6) is 0 Å². The molecule has 0 unspecified atom stereocenters. The number of carbonyl (C=O) groups is 3. The van der Waals surface area contributed by atoms with Crippen molar-refractivity contribution in [3.8, 4) is 0 Å². The van der Waals surface area contributed by atoms with Crippen LogP contribution in [0.2, 0.25) is 0 Å². The normalized spacial score (nSPS) is 15.2. The van der Waals surface area contributed by atoms with Crippen molar-refractivity contribution in [1.29, 1.82) is 0 Å². The first-order chi connectivity index (χ1) is 8.66. The lowest BCUT2D eigenvalue weighted by Gasteiger charge is -2.12. The number of aryl methyl sites for hydroxylation is 1. The molecule has 6 heteroatoms. The second-order valence-electron chi connectivity index (χ2n) is 4.07. The summed E-state index contributed by atoms with van der Waals surface area (Å²) in [7, 11) is 0. The van der Waals surface area contributed by atoms with Gasteiger partial charge < -0.3 is 9.40 Å². The molecule has 0 aromatic carbocycles. The van der Waals surface area contributed by atoms with Gasteiger partial charge in [0.1, 0.15) is 0 Å². The second kappa shape index (κ2) is 5.48. The van der Waals surface area contributed by atoms with Gasteiger partial charge in [0.2, 0.25) is 0 Å². The second-order valence-corrected chi connectivity index (χ2v) is 4.07. The standard InChI is InChI=1S/C12H14N2O4/c15-10-5-6-11(16)14(10)18-12(17)4-3-9-13-7-1-2-8-13/h1-2,7-8H,3-6,9H2. The molecule has 96 valence electrons. The van der Waals surface area contributed by atoms with Crippen molar-refractivity contribution in [1.82, 2.24) is 9.63 Å². The van der Waals surface area contributed by atoms with Crippen molar-refractivity contribution < 1.29 is 19.2 Å². The monoisotopic (exact) mass is 250 g/mol. The third-order valence-corrected chi connectivity index (χ3v) is 2.66. The van der Waals surface area contributed by atoms with Crippen molar-refractivity contribution in [2.24, 2.45) is 0 Å². The van der Waals surface area contributed by atoms with E-state index in [9.17, 15) is 14.4 Å². The topological polar surface area (TPSA) is 68.6 Å². The summed E-state index contributed by atoms with van der Waals surface area (Å²) in [6.07, 6.45) is 4.82. The van der Waals surface area contributed by atoms with E-state index in [-0.39, 0.29) is 19.3 Å². The molecule has 1 fully saturated rings. The van der Waals surface area contributed by atoms with Crippen LogP contribution in [0.3, 0.4) is 0 Å². The minimum Gasteiger partial charge on any atom is -0.354 e. The van der Waals surface area contributed by atoms with E-state index in [0.717, 1.165) is 0 Å². The summed E-state index contributed by atoms with van der Waals surface area (Å²) in [5.74, 6) is -1.44. The summed E-state index contributed by atoms with van der Waals surface area (Å²) in [5.41, 5.74) is 0. The lowest BCUT2D eigenvalue weighted by molar-refractivity contribution is -0.197. The minimum absolute atomic E-state index is 0.121. The molecule has 6 nitrogen and oxygen atoms in total. The Kier molecular flexibility index (Phi) is 3.76. The van der Waals surface area contributed by atoms with E-state index < -0.39 is 17.8 Å². The first kappa shape index (κ1) is 12.3. The molecule has 2 amide bonds. The molecule has 2 rings (SSSR count). The average Bonchev–Trinajstić information content (AvgIpc) is 2.94. The van der Waals surface area contributed by atoms with E-state index >= 15 is 0 Å². The number of aromatic nitrogens is 1. The van der Waals surface area contributed by atoms with Crippen molar-refractivity contribution in [3.05, 3.63) is 24.5 Å². The molecule has 1 aromatic rings. The first-order valence-electron chi connectivity index (χ1n) is 5.84. The first-order valence-corrected chi connectivity index (χ1v) is 5.84. The Morgan fingerprint density at radius 1 is 1.17 bits per heavy atom. The van der Waals surface area contributed by atoms with Gasteiger partial charge in [-0.3, -0.25) is 9.59 Å². The smallest absolute Gasteiger partial charge is 0.333 e. The fraction of sp³-hybridized carbons (Fsp3) is 0.417. The average molecular weight is 250 g/mol. The highest BCUT2D eigenvalue weighted by atomic mass is 16.7. The summed E-state index contributed by atoms with van der Waals surface area (Å²) >= 11 is 0. The van der Waals surface area contributed by atoms with Gasteiger partial charge in [0.05, 0.1) is 0 Å². The van der Waals surface area contributed by atoms with Gasteiger partial charge in [-0.2, -0.15) is 0 Å². The largest absolute Gasteiger partial charge is 0.354 e. The fourth-order valence-electron chi connectivity index (χ4n) is 1.73. The molecule has 1 saturated heterocycles. The van der Waals surface area contributed by atoms with Crippen LogP contribution < -0.4 is 0 Å². The number of hydroxylamine groups is 2. The molecule has 1 aromatic heterocycles. The van der Waals surface area contributed by atoms with E-state index in [2.05, 4.69) is 0 Å². The zero-order valence-corrected chi connectivity index (χ0v) is 9.87. The van der Waals surface area contributed by atoms with Crippen molar-refractivity contribution >= 4 is 17.8 Å². The van der Waals surface area contributed by atoms with Crippen LogP contribution in [-0.2, 0) is 25.8 Å². The van der Waals surface area contributed by atoms with Gasteiger partial charge in [-0.25, -0.2) is 4.79 Å². The van der Waals surface area contributed by atoms with Crippen LogP contribution in [0, 0.1) is 0 Å². The molecule has 1 aliphatic heterocycles. The Labute approximate surface area is 104 Å². The fourth-order valence-corrected chi connectivity index (χ4v) is 1.73. The summed E-state index contributed by atoms with van der Waals surface area (Å²) < 4.78 is 1.94. The van der Waals surface area contributed by atoms with Crippen LogP contribution in [0.4, 0.5) is 0 Å². The molecular weight excluding hydrogens is 236 g/mol. The SMILES string of the molecule is O=C(CCCn1cccc1)ON1C(=O)CCC1=O. The van der Waals surface area contributed by atoms with Gasteiger partial charge in [0.25, 0.3) is 11.8 Å². The Morgan fingerprint density at radius 3 is 2.39 bits per heavy atom. The number of hydrogen-bond acceptors (Lipinski definition) is 4. The van der Waals surface area contributed by atoms with Crippen LogP contribution in [-0.4, -0.2) is 27.4 Å². The van der Waals surface area contributed by atoms with Gasteiger partial charge in [-0.05, 0) is 18.6 Å². The van der Waals surface area contributed by atoms with E-state index in [1.54, 1.807) is 0 Å². The third-order valence-electron chi connectivity index (χ3n) is 2.66. The summed E-state index contributed by atoms with van der Waals surface area (Å²) in [6, 6.07) is 3.81. The number of nitrogens with zero attached hydrogens (tertiary/aromatic N) is 2. The van der Waals surface area contributed by atoms with E-state index in [1.165, 1.54) is 0 Å². The third kappa shape index (κ3) is 2.97. The lowest BCUT2D eigenvalue weighted by Crippen LogP contribution is -2.32. The van der Waals surface area contributed by atoms with Crippen LogP contribution in [0.15, 0.2) is 24.5 Å². The van der Waals surface area contributed by atoms with Crippen molar-refractivity contribution in [2.45, 2.75) is 32.2 Å². The minimum atomic E-state index is -0.550. The predicted molar refractivity (Wildman–Crippen MR) is 60.8 cm³/mol. The van der Waals surface area contributed by atoms with E-state index in [4.69, 9.17) is 4.84 Å². The maximum atomic E-state index is 11.4. The number of hydrogen-bond donors (Lipinski definition) is 0. The lowest BCUT2D eigenvalue weighted by atomic mass is 10.3. The van der Waals surface area contributed by atoms with Crippen LogP contribution in [0.25, 0.3) is 0 Å². The predicted octanol–water partition coefficient (Wildman–Crippen LogP) is 0.875. The summed E-state index contributed by atoms with van der Waals surface area (Å²) in [6.45, 7) is 0.698. The highest BCUT2D eigenvalue weighted by molar-refractivity contribution is 6.01. The van der Waals surface area contributed by atoms with Crippen LogP contribution >= 0.6 is 0 Å². The Hall–Kier alpha value is -2.11. The maximum absolute atomic E-state index is 11.4. The zero-order chi connectivity index (χ0) is 13.0. The Bertz CT molecular complexity index is 437. The molecule has 1 aliphatic rings. The molecule has 0 saturated carbocycles. The molecule has 2 heterocycles. The van der Waals surface area contributed by atoms with Gasteiger partial charge in [-0.1, -0.05) is 0 Å². The number of imide groups is 1. The highest BCUT2D eigenvalue weighted by Gasteiger charge is 2.32. The van der Waals surface area contributed by atoms with Crippen LogP contribution in [0.1, 0.15) is 25.7 Å². The van der Waals surface area contributed by atoms with E-state index in [1.807, 2.05) is 29.1 Å². The highest BCUT2D eigenvalue weighted by Crippen LogP contribution is 2.13. The number of amides is 2. The molecule has 0 atom stereocenters. The Balaban J connectivity index is 1.72. The number of rotatable bonds is 5. The Morgan fingerprint density at radius 2 is 1.78 bits per heavy atom. The molecule has 0 bridgehead atoms. The van der Waals surface area contributed by atoms with Crippen molar-refractivity contribution in [3.63, 3.8) is 0 Å². The van der Waals surface area contributed by atoms with Crippen molar-refractivity contribution in [2.75, 3.05) is 0 Å². The molecule has 0 radical (unpaired) electrons. The van der Waals surface area contributed by atoms with Gasteiger partial charge in [-0.15, -0.1) is 5.06 Å². The summed E-state index contributed by atoms with van der Waals surface area (Å²) in [4.78, 5) is 38.6. The van der Waals surface area contributed by atoms with E-state index in [0.29, 0.717) is 18.0 Å². The zero-order valence-electron chi connectivity index (χ0n) is 9.87. The molecule has 0 N–H and O–H groups in total. The van der Waals surface area contributed by atoms with Gasteiger partial charge in [0.15, 0.2) is 0 Å². The number of carbonyl (C=O) groups excluding carboxylic acids is 3. The summed E-state index contributed by atoms with van der Waals surface area (Å²) in [5, 5.41) is 0.581. The molecule has 18 heavy (non-hydrogen) atoms. The molecular formula is C12H14N2O4. The van der Waals surface area contributed by atoms with Gasteiger partial charge >= 0.3 is 5.97 Å². The quantitative estimate of drug-likeness (QED) is 0.727. The molecule has 0 aliphatic carbocycles. The van der Waals surface area contributed by atoms with Gasteiger partial charge in [0, 0.05) is 38.2 Å². The molecule has 0 spiro atoms. The maximum Gasteiger partial charge on any atom is 0.333 e.